The van der Waals surface area contributed by atoms with Crippen LogP contribution in [-0.4, -0.2) is 21.5 Å². The average molecular weight is 445 g/mol. The highest BCUT2D eigenvalue weighted by Gasteiger charge is 2.02. The molecule has 0 N–H and O–H groups in total. The summed E-state index contributed by atoms with van der Waals surface area (Å²) in [7, 11) is -0.608. The van der Waals surface area contributed by atoms with Gasteiger partial charge in [-0.2, -0.15) is 12.6 Å². The largest absolute Gasteiger partial charge is 0.525 e. The molecule has 174 valence electrons. The number of carbonyl (C=O) groups excluding carboxylic acids is 1. The maximum absolute atomic E-state index is 11.7. The van der Waals surface area contributed by atoms with Crippen LogP contribution in [0.4, 0.5) is 0 Å². The Balaban J connectivity index is 3.12. The fourth-order valence-corrected chi connectivity index (χ4v) is 5.07. The molecule has 0 aliphatic carbocycles. The van der Waals surface area contributed by atoms with Crippen molar-refractivity contribution < 1.29 is 9.22 Å². The summed E-state index contributed by atoms with van der Waals surface area (Å²) in [6, 6.07) is 1.14. The van der Waals surface area contributed by atoms with Crippen LogP contribution in [0.2, 0.25) is 6.04 Å². The van der Waals surface area contributed by atoms with E-state index in [2.05, 4.69) is 26.5 Å². The van der Waals surface area contributed by atoms with Crippen LogP contribution in [-0.2, 0) is 9.22 Å². The van der Waals surface area contributed by atoms with Crippen molar-refractivity contribution in [2.75, 3.05) is 5.75 Å². The van der Waals surface area contributed by atoms with Crippen molar-refractivity contribution >= 4 is 28.4 Å². The minimum absolute atomic E-state index is 0.0609. The van der Waals surface area contributed by atoms with E-state index in [0.717, 1.165) is 24.1 Å². The molecule has 0 spiro atoms. The molecule has 0 unspecified atom stereocenters. The van der Waals surface area contributed by atoms with Crippen molar-refractivity contribution in [3.63, 3.8) is 0 Å². The molecule has 4 heteroatoms. The Morgan fingerprint density at radius 2 is 1.14 bits per heavy atom. The lowest BCUT2D eigenvalue weighted by Gasteiger charge is -2.05. The Labute approximate surface area is 191 Å². The molecule has 0 aromatic heterocycles. The van der Waals surface area contributed by atoms with Gasteiger partial charge in [-0.3, -0.25) is 4.79 Å². The molecular formula is C25H52O2SSi. The predicted octanol–water partition coefficient (Wildman–Crippen LogP) is 8.03. The zero-order valence-corrected chi connectivity index (χ0v) is 22.2. The number of thiol groups is 1. The van der Waals surface area contributed by atoms with Gasteiger partial charge in [-0.25, -0.2) is 0 Å². The van der Waals surface area contributed by atoms with Crippen molar-refractivity contribution in [2.24, 2.45) is 5.92 Å². The van der Waals surface area contributed by atoms with Crippen molar-refractivity contribution in [1.82, 2.24) is 0 Å². The van der Waals surface area contributed by atoms with Crippen molar-refractivity contribution in [1.29, 1.82) is 0 Å². The first-order chi connectivity index (χ1) is 14.2. The van der Waals surface area contributed by atoms with Crippen molar-refractivity contribution in [3.8, 4) is 0 Å². The van der Waals surface area contributed by atoms with Crippen LogP contribution < -0.4 is 0 Å². The van der Waals surface area contributed by atoms with Crippen LogP contribution in [0.5, 0.6) is 0 Å². The summed E-state index contributed by atoms with van der Waals surface area (Å²) >= 11 is 4.21. The average Bonchev–Trinajstić information content (AvgIpc) is 2.70. The smallest absolute Gasteiger partial charge is 0.292 e. The normalized spacial score (nSPS) is 11.7. The van der Waals surface area contributed by atoms with E-state index in [4.69, 9.17) is 4.43 Å². The van der Waals surface area contributed by atoms with Crippen LogP contribution in [0.3, 0.4) is 0 Å². The Kier molecular flexibility index (Phi) is 24.3. The highest BCUT2D eigenvalue weighted by Crippen LogP contribution is 2.15. The van der Waals surface area contributed by atoms with Gasteiger partial charge in [0.1, 0.15) is 0 Å². The number of hydrogen-bond acceptors (Lipinski definition) is 3. The van der Waals surface area contributed by atoms with Gasteiger partial charge in [-0.15, -0.1) is 0 Å². The summed E-state index contributed by atoms with van der Waals surface area (Å²) in [5.74, 6) is 1.91. The summed E-state index contributed by atoms with van der Waals surface area (Å²) in [4.78, 5) is 11.7. The molecule has 0 aromatic carbocycles. The number of carbonyl (C=O) groups is 1. The van der Waals surface area contributed by atoms with Crippen molar-refractivity contribution in [2.45, 2.75) is 142 Å². The molecule has 0 radical (unpaired) electrons. The summed E-state index contributed by atoms with van der Waals surface area (Å²) in [5, 5.41) is 0. The van der Waals surface area contributed by atoms with Crippen LogP contribution in [0.1, 0.15) is 136 Å². The monoisotopic (exact) mass is 444 g/mol. The molecule has 0 aliphatic heterocycles. The first kappa shape index (κ1) is 29.0. The van der Waals surface area contributed by atoms with E-state index in [9.17, 15) is 4.79 Å². The van der Waals surface area contributed by atoms with E-state index in [0.29, 0.717) is 6.42 Å². The van der Waals surface area contributed by atoms with Gasteiger partial charge >= 0.3 is 0 Å². The minimum Gasteiger partial charge on any atom is -0.525 e. The molecule has 0 saturated heterocycles. The lowest BCUT2D eigenvalue weighted by atomic mass is 10.0. The third-order valence-electron chi connectivity index (χ3n) is 5.73. The molecule has 0 fully saturated rings. The number of rotatable bonds is 23. The van der Waals surface area contributed by atoms with Crippen molar-refractivity contribution in [3.05, 3.63) is 0 Å². The molecule has 2 nitrogen and oxygen atoms in total. The Hall–Kier alpha value is 0.0369. The van der Waals surface area contributed by atoms with Crippen LogP contribution in [0.25, 0.3) is 0 Å². The van der Waals surface area contributed by atoms with Gasteiger partial charge in [0, 0.05) is 6.42 Å². The topological polar surface area (TPSA) is 26.3 Å². The molecular weight excluding hydrogens is 392 g/mol. The van der Waals surface area contributed by atoms with Crippen LogP contribution in [0.15, 0.2) is 0 Å². The second-order valence-corrected chi connectivity index (χ2v) is 11.1. The fraction of sp³-hybridized carbons (Fsp3) is 0.960. The van der Waals surface area contributed by atoms with E-state index in [1.165, 1.54) is 109 Å². The van der Waals surface area contributed by atoms with Crippen LogP contribution in [0, 0.1) is 5.92 Å². The zero-order chi connectivity index (χ0) is 21.4. The van der Waals surface area contributed by atoms with Gasteiger partial charge in [0.15, 0.2) is 0 Å². The lowest BCUT2D eigenvalue weighted by molar-refractivity contribution is -0.134. The maximum Gasteiger partial charge on any atom is 0.292 e. The van der Waals surface area contributed by atoms with Gasteiger partial charge in [-0.1, -0.05) is 117 Å². The molecule has 0 bridgehead atoms. The van der Waals surface area contributed by atoms with Gasteiger partial charge in [0.25, 0.3) is 5.97 Å². The summed E-state index contributed by atoms with van der Waals surface area (Å²) < 4.78 is 5.43. The molecule has 0 aromatic rings. The van der Waals surface area contributed by atoms with E-state index in [1.54, 1.807) is 0 Å². The number of hydrogen-bond donors (Lipinski definition) is 1. The Morgan fingerprint density at radius 1 is 0.690 bits per heavy atom. The Bertz CT molecular complexity index is 337. The third kappa shape index (κ3) is 26.0. The van der Waals surface area contributed by atoms with E-state index in [-0.39, 0.29) is 5.97 Å². The third-order valence-corrected chi connectivity index (χ3v) is 7.36. The highest BCUT2D eigenvalue weighted by molar-refractivity contribution is 7.80. The van der Waals surface area contributed by atoms with Gasteiger partial charge in [-0.05, 0) is 30.6 Å². The van der Waals surface area contributed by atoms with Crippen LogP contribution >= 0.6 is 12.6 Å². The quantitative estimate of drug-likeness (QED) is 0.0980. The van der Waals surface area contributed by atoms with Gasteiger partial charge in [0.05, 0.1) is 0 Å². The molecule has 29 heavy (non-hydrogen) atoms. The summed E-state index contributed by atoms with van der Waals surface area (Å²) in [6.45, 7) is 4.65. The van der Waals surface area contributed by atoms with Gasteiger partial charge in [0.2, 0.25) is 9.76 Å². The van der Waals surface area contributed by atoms with E-state index >= 15 is 0 Å². The molecule has 0 aliphatic rings. The molecule has 0 atom stereocenters. The van der Waals surface area contributed by atoms with E-state index in [1.807, 2.05) is 0 Å². The molecule has 0 saturated carbocycles. The Morgan fingerprint density at radius 3 is 1.62 bits per heavy atom. The minimum atomic E-state index is -0.608. The second-order valence-electron chi connectivity index (χ2n) is 9.24. The maximum atomic E-state index is 11.7. The number of unbranched alkanes of at least 4 members (excludes halogenated alkanes) is 15. The molecule has 0 rings (SSSR count). The lowest BCUT2D eigenvalue weighted by Crippen LogP contribution is -2.08. The first-order valence-corrected chi connectivity index (χ1v) is 15.1. The SMILES string of the molecule is CC(C)CCCCCCCCCCCCCCCCC(=O)O[SiH2]CCCCCS. The van der Waals surface area contributed by atoms with E-state index < -0.39 is 9.76 Å². The fourth-order valence-electron chi connectivity index (χ4n) is 3.77. The van der Waals surface area contributed by atoms with Gasteiger partial charge < -0.3 is 4.43 Å². The first-order valence-electron chi connectivity index (χ1n) is 12.9. The molecule has 0 heterocycles. The second kappa shape index (κ2) is 24.3. The highest BCUT2D eigenvalue weighted by atomic mass is 32.1. The molecule has 0 amide bonds. The predicted molar refractivity (Wildman–Crippen MR) is 136 cm³/mol. The summed E-state index contributed by atoms with van der Waals surface area (Å²) in [6.07, 6.45) is 24.7. The standard InChI is InChI=1S/C25H52O2SSi/c1-24(2)20-16-13-11-9-7-5-3-4-6-8-10-12-14-17-21-25(26)27-29-23-19-15-18-22-28/h24,28H,3-23,29H2,1-2H3. The summed E-state index contributed by atoms with van der Waals surface area (Å²) in [5.41, 5.74) is 0. The zero-order valence-electron chi connectivity index (χ0n) is 19.9.